The van der Waals surface area contributed by atoms with E-state index in [4.69, 9.17) is 5.84 Å². The molecule has 2 nitrogen and oxygen atoms in total. The van der Waals surface area contributed by atoms with Gasteiger partial charge in [-0.1, -0.05) is 48.5 Å². The number of nitrogens with one attached hydrogen (secondary N) is 1. The number of nitrogens with two attached hydrogens (primary N) is 1. The highest BCUT2D eigenvalue weighted by Crippen LogP contribution is 2.25. The van der Waals surface area contributed by atoms with Crippen LogP contribution in [-0.2, 0) is 0 Å². The molecule has 0 saturated carbocycles. The summed E-state index contributed by atoms with van der Waals surface area (Å²) in [6, 6.07) is 14.7. The van der Waals surface area contributed by atoms with E-state index in [1.54, 1.807) is 0 Å². The molecule has 82 valence electrons. The summed E-state index contributed by atoms with van der Waals surface area (Å²) < 4.78 is 0. The van der Waals surface area contributed by atoms with Crippen LogP contribution in [0.5, 0.6) is 0 Å². The van der Waals surface area contributed by atoms with Crippen molar-refractivity contribution in [1.82, 2.24) is 5.43 Å². The fraction of sp³-hybridized carbons (Fsp3) is 0.143. The van der Waals surface area contributed by atoms with Crippen LogP contribution in [0.3, 0.4) is 0 Å². The number of hydrogen-bond acceptors (Lipinski definition) is 2. The van der Waals surface area contributed by atoms with Crippen LogP contribution in [0.1, 0.15) is 18.0 Å². The van der Waals surface area contributed by atoms with Crippen molar-refractivity contribution in [3.8, 4) is 0 Å². The van der Waals surface area contributed by atoms with E-state index in [1.165, 1.54) is 16.3 Å². The highest BCUT2D eigenvalue weighted by molar-refractivity contribution is 5.86. The van der Waals surface area contributed by atoms with Gasteiger partial charge in [-0.05, 0) is 22.8 Å². The van der Waals surface area contributed by atoms with Crippen LogP contribution < -0.4 is 11.3 Å². The Morgan fingerprint density at radius 1 is 1.19 bits per heavy atom. The van der Waals surface area contributed by atoms with Crippen molar-refractivity contribution in [2.24, 2.45) is 5.84 Å². The van der Waals surface area contributed by atoms with Crippen molar-refractivity contribution >= 4 is 10.8 Å². The van der Waals surface area contributed by atoms with Crippen LogP contribution in [-0.4, -0.2) is 0 Å². The summed E-state index contributed by atoms with van der Waals surface area (Å²) in [5.74, 6) is 5.58. The normalized spacial score (nSPS) is 12.6. The Morgan fingerprint density at radius 3 is 2.69 bits per heavy atom. The highest BCUT2D eigenvalue weighted by Gasteiger charge is 2.10. The quantitative estimate of drug-likeness (QED) is 0.464. The standard InChI is InChI=1S/C14H16N2/c1-2-6-14(16-15)13-10-5-8-11-7-3-4-9-12(11)13/h2-5,7-10,14,16H,1,6,15H2. The van der Waals surface area contributed by atoms with Crippen LogP contribution in [0, 0.1) is 0 Å². The molecule has 0 aliphatic rings. The second-order valence-electron chi connectivity index (χ2n) is 3.81. The largest absolute Gasteiger partial charge is 0.271 e. The summed E-state index contributed by atoms with van der Waals surface area (Å²) in [5, 5.41) is 2.49. The third-order valence-electron chi connectivity index (χ3n) is 2.80. The van der Waals surface area contributed by atoms with Gasteiger partial charge in [0.2, 0.25) is 0 Å². The molecule has 1 unspecified atom stereocenters. The van der Waals surface area contributed by atoms with Gasteiger partial charge in [0.15, 0.2) is 0 Å². The first-order valence-electron chi connectivity index (χ1n) is 5.41. The summed E-state index contributed by atoms with van der Waals surface area (Å²) in [6.07, 6.45) is 2.71. The van der Waals surface area contributed by atoms with Crippen LogP contribution in [0.25, 0.3) is 10.8 Å². The van der Waals surface area contributed by atoms with Gasteiger partial charge in [-0.2, -0.15) is 0 Å². The third kappa shape index (κ3) is 1.98. The Bertz CT molecular complexity index is 486. The molecular formula is C14H16N2. The SMILES string of the molecule is C=CCC(NN)c1cccc2ccccc12. The molecule has 2 heteroatoms. The average molecular weight is 212 g/mol. The second kappa shape index (κ2) is 4.92. The fourth-order valence-electron chi connectivity index (χ4n) is 2.01. The predicted octanol–water partition coefficient (Wildman–Crippen LogP) is 2.92. The van der Waals surface area contributed by atoms with E-state index >= 15 is 0 Å². The van der Waals surface area contributed by atoms with Gasteiger partial charge < -0.3 is 0 Å². The van der Waals surface area contributed by atoms with Gasteiger partial charge in [0.25, 0.3) is 0 Å². The van der Waals surface area contributed by atoms with Gasteiger partial charge in [-0.3, -0.25) is 11.3 Å². The van der Waals surface area contributed by atoms with Crippen molar-refractivity contribution in [3.05, 3.63) is 60.7 Å². The molecule has 0 aliphatic carbocycles. The van der Waals surface area contributed by atoms with Gasteiger partial charge in [-0.25, -0.2) is 0 Å². The Hall–Kier alpha value is -1.64. The molecule has 2 rings (SSSR count). The monoisotopic (exact) mass is 212 g/mol. The molecule has 0 aliphatic heterocycles. The van der Waals surface area contributed by atoms with Crippen molar-refractivity contribution < 1.29 is 0 Å². The Balaban J connectivity index is 2.54. The fourth-order valence-corrected chi connectivity index (χ4v) is 2.01. The van der Waals surface area contributed by atoms with Crippen LogP contribution in [0.15, 0.2) is 55.1 Å². The summed E-state index contributed by atoms with van der Waals surface area (Å²) >= 11 is 0. The second-order valence-corrected chi connectivity index (χ2v) is 3.81. The molecule has 0 aromatic heterocycles. The number of fused-ring (bicyclic) bond motifs is 1. The first kappa shape index (κ1) is 10.9. The molecule has 0 saturated heterocycles. The minimum absolute atomic E-state index is 0.128. The topological polar surface area (TPSA) is 38.0 Å². The van der Waals surface area contributed by atoms with Crippen molar-refractivity contribution in [2.45, 2.75) is 12.5 Å². The van der Waals surface area contributed by atoms with Crippen molar-refractivity contribution in [1.29, 1.82) is 0 Å². The molecule has 16 heavy (non-hydrogen) atoms. The predicted molar refractivity (Wildman–Crippen MR) is 68.8 cm³/mol. The summed E-state index contributed by atoms with van der Waals surface area (Å²) in [5.41, 5.74) is 4.06. The number of hydrogen-bond donors (Lipinski definition) is 2. The van der Waals surface area contributed by atoms with Crippen molar-refractivity contribution in [2.75, 3.05) is 0 Å². The first-order valence-corrected chi connectivity index (χ1v) is 5.41. The van der Waals surface area contributed by atoms with Crippen LogP contribution in [0.4, 0.5) is 0 Å². The molecule has 2 aromatic carbocycles. The Morgan fingerprint density at radius 2 is 1.94 bits per heavy atom. The van der Waals surface area contributed by atoms with E-state index < -0.39 is 0 Å². The Labute approximate surface area is 95.7 Å². The first-order chi connectivity index (χ1) is 7.86. The van der Waals surface area contributed by atoms with E-state index in [-0.39, 0.29) is 6.04 Å². The zero-order chi connectivity index (χ0) is 11.4. The lowest BCUT2D eigenvalue weighted by atomic mass is 9.97. The maximum absolute atomic E-state index is 5.58. The van der Waals surface area contributed by atoms with Gasteiger partial charge in [0.05, 0.1) is 0 Å². The van der Waals surface area contributed by atoms with Crippen molar-refractivity contribution in [3.63, 3.8) is 0 Å². The van der Waals surface area contributed by atoms with Crippen LogP contribution in [0.2, 0.25) is 0 Å². The molecule has 0 radical (unpaired) electrons. The molecule has 2 aromatic rings. The lowest BCUT2D eigenvalue weighted by molar-refractivity contribution is 0.565. The number of hydrazine groups is 1. The van der Waals surface area contributed by atoms with Gasteiger partial charge >= 0.3 is 0 Å². The van der Waals surface area contributed by atoms with Gasteiger partial charge in [0, 0.05) is 6.04 Å². The summed E-state index contributed by atoms with van der Waals surface area (Å²) in [4.78, 5) is 0. The van der Waals surface area contributed by atoms with E-state index in [0.29, 0.717) is 0 Å². The zero-order valence-corrected chi connectivity index (χ0v) is 9.19. The third-order valence-corrected chi connectivity index (χ3v) is 2.80. The minimum Gasteiger partial charge on any atom is -0.271 e. The maximum Gasteiger partial charge on any atom is 0.0500 e. The average Bonchev–Trinajstić information content (AvgIpc) is 2.35. The molecule has 3 N–H and O–H groups in total. The molecule has 0 heterocycles. The number of benzene rings is 2. The lowest BCUT2D eigenvalue weighted by Gasteiger charge is -2.16. The molecule has 0 spiro atoms. The van der Waals surface area contributed by atoms with Gasteiger partial charge in [-0.15, -0.1) is 6.58 Å². The molecule has 0 amide bonds. The molecular weight excluding hydrogens is 196 g/mol. The van der Waals surface area contributed by atoms with E-state index in [9.17, 15) is 0 Å². The van der Waals surface area contributed by atoms with E-state index in [1.807, 2.05) is 18.2 Å². The smallest absolute Gasteiger partial charge is 0.0500 e. The van der Waals surface area contributed by atoms with E-state index in [2.05, 4.69) is 42.3 Å². The molecule has 0 bridgehead atoms. The molecule has 0 fully saturated rings. The number of rotatable bonds is 4. The van der Waals surface area contributed by atoms with E-state index in [0.717, 1.165) is 6.42 Å². The Kier molecular flexibility index (Phi) is 3.34. The maximum atomic E-state index is 5.58. The lowest BCUT2D eigenvalue weighted by Crippen LogP contribution is -2.27. The highest BCUT2D eigenvalue weighted by atomic mass is 15.2. The molecule has 1 atom stereocenters. The van der Waals surface area contributed by atoms with Gasteiger partial charge in [0.1, 0.15) is 0 Å². The zero-order valence-electron chi connectivity index (χ0n) is 9.19. The van der Waals surface area contributed by atoms with Crippen LogP contribution >= 0.6 is 0 Å². The summed E-state index contributed by atoms with van der Waals surface area (Å²) in [6.45, 7) is 3.76. The minimum atomic E-state index is 0.128. The summed E-state index contributed by atoms with van der Waals surface area (Å²) in [7, 11) is 0.